The van der Waals surface area contributed by atoms with Gasteiger partial charge in [0.25, 0.3) is 0 Å². The minimum Gasteiger partial charge on any atom is -0.487 e. The zero-order valence-corrected chi connectivity index (χ0v) is 20.9. The molecule has 3 rings (SSSR count). The van der Waals surface area contributed by atoms with E-state index in [1.54, 1.807) is 6.21 Å². The summed E-state index contributed by atoms with van der Waals surface area (Å²) in [6, 6.07) is 19.4. The molecule has 0 radical (unpaired) electrons. The molecular weight excluding hydrogens is 604 g/mol. The quantitative estimate of drug-likeness (QED) is 0.194. The molecule has 3 aromatic rings. The van der Waals surface area contributed by atoms with Crippen molar-refractivity contribution in [2.45, 2.75) is 20.5 Å². The van der Waals surface area contributed by atoms with Crippen molar-refractivity contribution in [3.05, 3.63) is 90.1 Å². The fraction of sp³-hybridized carbons (Fsp3) is 0.130. The number of halogens is 2. The highest BCUT2D eigenvalue weighted by Gasteiger charge is 2.09. The second-order valence-corrected chi connectivity index (χ2v) is 9.05. The third-order valence-electron chi connectivity index (χ3n) is 4.30. The second kappa shape index (κ2) is 10.8. The number of hydrogen-bond donors (Lipinski definition) is 2. The third-order valence-corrected chi connectivity index (χ3v) is 5.90. The lowest BCUT2D eigenvalue weighted by Crippen LogP contribution is -2.24. The van der Waals surface area contributed by atoms with Crippen molar-refractivity contribution < 1.29 is 9.53 Å². The van der Waals surface area contributed by atoms with Crippen molar-refractivity contribution in [1.82, 2.24) is 5.43 Å². The maximum atomic E-state index is 12.0. The number of nitrogens with one attached hydrogen (secondary N) is 2. The molecular formula is C23H21I2N3O2. The summed E-state index contributed by atoms with van der Waals surface area (Å²) in [5, 5.41) is 6.82. The summed E-state index contributed by atoms with van der Waals surface area (Å²) in [5.41, 5.74) is 7.47. The Morgan fingerprint density at radius 1 is 1.03 bits per heavy atom. The SMILES string of the molecule is Cc1ccc(COc2c(I)cc(C=NNC(=O)Nc3ccccc3C)cc2I)cc1. The lowest BCUT2D eigenvalue weighted by Gasteiger charge is -2.11. The van der Waals surface area contributed by atoms with E-state index in [0.29, 0.717) is 6.61 Å². The molecule has 5 nitrogen and oxygen atoms in total. The standard InChI is InChI=1S/C23H21I2N3O2/c1-15-7-9-17(10-8-15)14-30-22-19(24)11-18(12-20(22)25)13-26-28-23(29)27-21-6-4-3-5-16(21)2/h3-13H,14H2,1-2H3,(H2,27,28,29). The van der Waals surface area contributed by atoms with Crippen LogP contribution >= 0.6 is 45.2 Å². The maximum Gasteiger partial charge on any atom is 0.339 e. The number of ether oxygens (including phenoxy) is 1. The fourth-order valence-electron chi connectivity index (χ4n) is 2.66. The monoisotopic (exact) mass is 625 g/mol. The topological polar surface area (TPSA) is 62.7 Å². The number of rotatable bonds is 6. The largest absolute Gasteiger partial charge is 0.487 e. The van der Waals surface area contributed by atoms with Crippen LogP contribution in [0.4, 0.5) is 10.5 Å². The number of urea groups is 1. The van der Waals surface area contributed by atoms with Gasteiger partial charge in [-0.2, -0.15) is 5.10 Å². The van der Waals surface area contributed by atoms with Gasteiger partial charge in [0.2, 0.25) is 0 Å². The van der Waals surface area contributed by atoms with Gasteiger partial charge in [0.1, 0.15) is 12.4 Å². The second-order valence-electron chi connectivity index (χ2n) is 6.73. The fourth-order valence-corrected chi connectivity index (χ4v) is 4.79. The van der Waals surface area contributed by atoms with E-state index in [1.165, 1.54) is 5.56 Å². The highest BCUT2D eigenvalue weighted by Crippen LogP contribution is 2.29. The molecule has 30 heavy (non-hydrogen) atoms. The van der Waals surface area contributed by atoms with Gasteiger partial charge in [0.15, 0.2) is 0 Å². The van der Waals surface area contributed by atoms with E-state index >= 15 is 0 Å². The van der Waals surface area contributed by atoms with Crippen LogP contribution in [0.5, 0.6) is 5.75 Å². The first kappa shape index (κ1) is 22.5. The number of aryl methyl sites for hydroxylation is 2. The van der Waals surface area contributed by atoms with E-state index in [-0.39, 0.29) is 6.03 Å². The number of benzene rings is 3. The third kappa shape index (κ3) is 6.43. The van der Waals surface area contributed by atoms with Crippen molar-refractivity contribution in [3.8, 4) is 5.75 Å². The molecule has 0 spiro atoms. The number of anilines is 1. The van der Waals surface area contributed by atoms with Crippen molar-refractivity contribution in [2.75, 3.05) is 5.32 Å². The van der Waals surface area contributed by atoms with Gasteiger partial charge in [-0.15, -0.1) is 0 Å². The average molecular weight is 625 g/mol. The summed E-state index contributed by atoms with van der Waals surface area (Å²) in [7, 11) is 0. The van der Waals surface area contributed by atoms with Gasteiger partial charge in [-0.25, -0.2) is 10.2 Å². The molecule has 0 aliphatic heterocycles. The Morgan fingerprint density at radius 3 is 2.37 bits per heavy atom. The number of para-hydroxylation sites is 1. The van der Waals surface area contributed by atoms with Crippen LogP contribution in [0.15, 0.2) is 65.8 Å². The van der Waals surface area contributed by atoms with E-state index in [0.717, 1.165) is 35.3 Å². The summed E-state index contributed by atoms with van der Waals surface area (Å²) in [5.74, 6) is 0.846. The molecule has 3 aromatic carbocycles. The Balaban J connectivity index is 1.59. The van der Waals surface area contributed by atoms with Crippen LogP contribution in [0.2, 0.25) is 0 Å². The normalized spacial score (nSPS) is 10.8. The van der Waals surface area contributed by atoms with E-state index in [4.69, 9.17) is 4.74 Å². The van der Waals surface area contributed by atoms with Gasteiger partial charge < -0.3 is 10.1 Å². The van der Waals surface area contributed by atoms with E-state index < -0.39 is 0 Å². The smallest absolute Gasteiger partial charge is 0.339 e. The summed E-state index contributed by atoms with van der Waals surface area (Å²) in [4.78, 5) is 12.0. The van der Waals surface area contributed by atoms with Crippen molar-refractivity contribution in [1.29, 1.82) is 0 Å². The van der Waals surface area contributed by atoms with Crippen LogP contribution in [0.1, 0.15) is 22.3 Å². The molecule has 0 bridgehead atoms. The molecule has 154 valence electrons. The first-order valence-electron chi connectivity index (χ1n) is 9.25. The lowest BCUT2D eigenvalue weighted by atomic mass is 10.2. The minimum atomic E-state index is -0.386. The molecule has 2 amide bonds. The first-order valence-corrected chi connectivity index (χ1v) is 11.4. The Kier molecular flexibility index (Phi) is 8.08. The predicted molar refractivity (Wildman–Crippen MR) is 138 cm³/mol. The Morgan fingerprint density at radius 2 is 1.70 bits per heavy atom. The Bertz CT molecular complexity index is 1040. The zero-order chi connectivity index (χ0) is 21.5. The molecule has 0 saturated heterocycles. The molecule has 0 heterocycles. The molecule has 0 saturated carbocycles. The molecule has 0 unspecified atom stereocenters. The minimum absolute atomic E-state index is 0.386. The maximum absolute atomic E-state index is 12.0. The average Bonchev–Trinajstić information content (AvgIpc) is 2.70. The number of hydrazone groups is 1. The van der Waals surface area contributed by atoms with Gasteiger partial charge in [-0.05, 0) is 93.9 Å². The lowest BCUT2D eigenvalue weighted by molar-refractivity contribution is 0.252. The molecule has 0 atom stereocenters. The highest BCUT2D eigenvalue weighted by atomic mass is 127. The zero-order valence-electron chi connectivity index (χ0n) is 16.6. The molecule has 0 fully saturated rings. The number of nitrogens with zero attached hydrogens (tertiary/aromatic N) is 1. The molecule has 0 aliphatic carbocycles. The van der Waals surface area contributed by atoms with Crippen LogP contribution in [-0.4, -0.2) is 12.2 Å². The number of carbonyl (C=O) groups is 1. The van der Waals surface area contributed by atoms with E-state index in [2.05, 4.69) is 92.2 Å². The Labute approximate surface area is 203 Å². The summed E-state index contributed by atoms with van der Waals surface area (Å²) in [6.07, 6.45) is 1.62. The summed E-state index contributed by atoms with van der Waals surface area (Å²) >= 11 is 4.50. The van der Waals surface area contributed by atoms with E-state index in [9.17, 15) is 4.79 Å². The van der Waals surface area contributed by atoms with Crippen LogP contribution in [0.25, 0.3) is 0 Å². The molecule has 7 heteroatoms. The van der Waals surface area contributed by atoms with E-state index in [1.807, 2.05) is 43.3 Å². The van der Waals surface area contributed by atoms with Crippen LogP contribution in [0, 0.1) is 21.0 Å². The number of hydrogen-bond acceptors (Lipinski definition) is 3. The summed E-state index contributed by atoms with van der Waals surface area (Å²) in [6.45, 7) is 4.52. The number of amides is 2. The molecule has 2 N–H and O–H groups in total. The summed E-state index contributed by atoms with van der Waals surface area (Å²) < 4.78 is 8.00. The van der Waals surface area contributed by atoms with Gasteiger partial charge in [0, 0.05) is 5.69 Å². The molecule has 0 aromatic heterocycles. The van der Waals surface area contributed by atoms with Crippen molar-refractivity contribution >= 4 is 63.1 Å². The van der Waals surface area contributed by atoms with Crippen molar-refractivity contribution in [2.24, 2.45) is 5.10 Å². The molecule has 0 aliphatic rings. The first-order chi connectivity index (χ1) is 14.4. The van der Waals surface area contributed by atoms with Crippen molar-refractivity contribution in [3.63, 3.8) is 0 Å². The van der Waals surface area contributed by atoms with Gasteiger partial charge in [-0.3, -0.25) is 0 Å². The Hall–Kier alpha value is -2.14. The number of carbonyl (C=O) groups excluding carboxylic acids is 1. The van der Waals surface area contributed by atoms with Crippen LogP contribution in [-0.2, 0) is 6.61 Å². The van der Waals surface area contributed by atoms with Crippen LogP contribution in [0.3, 0.4) is 0 Å². The highest BCUT2D eigenvalue weighted by molar-refractivity contribution is 14.1. The van der Waals surface area contributed by atoms with Crippen LogP contribution < -0.4 is 15.5 Å². The predicted octanol–water partition coefficient (Wildman–Crippen LogP) is 6.25. The van der Waals surface area contributed by atoms with Gasteiger partial charge in [0.05, 0.1) is 13.4 Å². The van der Waals surface area contributed by atoms with Gasteiger partial charge >= 0.3 is 6.03 Å². The van der Waals surface area contributed by atoms with Gasteiger partial charge in [-0.1, -0.05) is 48.0 Å².